The van der Waals surface area contributed by atoms with E-state index in [1.807, 2.05) is 25.1 Å². The molecule has 2 aromatic rings. The second kappa shape index (κ2) is 4.94. The van der Waals surface area contributed by atoms with Crippen LogP contribution in [0.2, 0.25) is 0 Å². The highest BCUT2D eigenvalue weighted by Gasteiger charge is 2.01. The van der Waals surface area contributed by atoms with E-state index in [1.54, 1.807) is 24.0 Å². The Kier molecular flexibility index (Phi) is 3.36. The van der Waals surface area contributed by atoms with Gasteiger partial charge in [-0.2, -0.15) is 0 Å². The maximum absolute atomic E-state index is 5.65. The Morgan fingerprint density at radius 1 is 1.31 bits per heavy atom. The van der Waals surface area contributed by atoms with E-state index in [0.717, 1.165) is 16.5 Å². The summed E-state index contributed by atoms with van der Waals surface area (Å²) in [5.74, 6) is 1.94. The van der Waals surface area contributed by atoms with Crippen molar-refractivity contribution in [1.29, 1.82) is 0 Å². The molecule has 0 aromatic carbocycles. The van der Waals surface area contributed by atoms with Crippen LogP contribution in [0.15, 0.2) is 35.5 Å². The van der Waals surface area contributed by atoms with Gasteiger partial charge in [0.05, 0.1) is 10.8 Å². The molecule has 16 heavy (non-hydrogen) atoms. The Morgan fingerprint density at radius 3 is 2.88 bits per heavy atom. The van der Waals surface area contributed by atoms with Crippen LogP contribution >= 0.6 is 11.8 Å². The molecule has 0 radical (unpaired) electrons. The van der Waals surface area contributed by atoms with Crippen molar-refractivity contribution in [3.05, 3.63) is 42.0 Å². The number of anilines is 1. The number of thioether (sulfide) groups is 1. The van der Waals surface area contributed by atoms with Gasteiger partial charge in [0.1, 0.15) is 11.6 Å². The second-order valence-corrected chi connectivity index (χ2v) is 4.30. The lowest BCUT2D eigenvalue weighted by Gasteiger charge is -2.02. The van der Waals surface area contributed by atoms with E-state index in [0.29, 0.717) is 11.6 Å². The molecule has 0 bridgehead atoms. The smallest absolute Gasteiger partial charge is 0.141 e. The number of aromatic nitrogens is 3. The normalized spacial score (nSPS) is 10.3. The van der Waals surface area contributed by atoms with E-state index in [1.165, 1.54) is 0 Å². The molecule has 0 amide bonds. The number of hydrogen-bond donors (Lipinski definition) is 1. The van der Waals surface area contributed by atoms with Gasteiger partial charge < -0.3 is 5.73 Å². The summed E-state index contributed by atoms with van der Waals surface area (Å²) >= 11 is 1.60. The number of hydrogen-bond acceptors (Lipinski definition) is 5. The first kappa shape index (κ1) is 10.9. The van der Waals surface area contributed by atoms with E-state index >= 15 is 0 Å². The first-order chi connectivity index (χ1) is 7.74. The van der Waals surface area contributed by atoms with Crippen LogP contribution in [0.5, 0.6) is 0 Å². The predicted molar refractivity (Wildman–Crippen MR) is 65.0 cm³/mol. The maximum atomic E-state index is 5.65. The van der Waals surface area contributed by atoms with Gasteiger partial charge in [-0.05, 0) is 19.1 Å². The van der Waals surface area contributed by atoms with Gasteiger partial charge in [-0.3, -0.25) is 0 Å². The Balaban J connectivity index is 2.05. The summed E-state index contributed by atoms with van der Waals surface area (Å²) in [5, 5.41) is 0.964. The topological polar surface area (TPSA) is 64.7 Å². The minimum absolute atomic E-state index is 0.518. The van der Waals surface area contributed by atoms with Crippen molar-refractivity contribution in [3.63, 3.8) is 0 Å². The fourth-order valence-electron chi connectivity index (χ4n) is 1.29. The van der Waals surface area contributed by atoms with Crippen LogP contribution in [0.4, 0.5) is 5.82 Å². The third-order valence-electron chi connectivity index (χ3n) is 1.91. The molecule has 4 nitrogen and oxygen atoms in total. The average Bonchev–Trinajstić information content (AvgIpc) is 2.27. The molecule has 0 fully saturated rings. The molecule has 0 atom stereocenters. The van der Waals surface area contributed by atoms with Crippen molar-refractivity contribution in [2.24, 2.45) is 0 Å². The number of nitrogen functional groups attached to an aromatic ring is 1. The lowest BCUT2D eigenvalue weighted by molar-refractivity contribution is 0.999. The van der Waals surface area contributed by atoms with Crippen molar-refractivity contribution < 1.29 is 0 Å². The molecule has 0 aliphatic rings. The van der Waals surface area contributed by atoms with Crippen LogP contribution in [0, 0.1) is 6.92 Å². The summed E-state index contributed by atoms with van der Waals surface area (Å²) in [7, 11) is 0. The quantitative estimate of drug-likeness (QED) is 0.820. The summed E-state index contributed by atoms with van der Waals surface area (Å²) < 4.78 is 0. The third-order valence-corrected chi connectivity index (χ3v) is 2.85. The zero-order chi connectivity index (χ0) is 11.4. The molecule has 82 valence electrons. The largest absolute Gasteiger partial charge is 0.384 e. The first-order valence-corrected chi connectivity index (χ1v) is 5.86. The number of nitrogens with zero attached hydrogens (tertiary/aromatic N) is 3. The van der Waals surface area contributed by atoms with Gasteiger partial charge in [0.15, 0.2) is 0 Å². The molecule has 2 heterocycles. The number of rotatable bonds is 3. The SMILES string of the molecule is Cc1cc(N)nc(CSc2ccccn2)n1. The van der Waals surface area contributed by atoms with Crippen LogP contribution in [0.1, 0.15) is 11.5 Å². The highest BCUT2D eigenvalue weighted by Crippen LogP contribution is 2.18. The molecule has 0 unspecified atom stereocenters. The fourth-order valence-corrected chi connectivity index (χ4v) is 2.01. The van der Waals surface area contributed by atoms with Gasteiger partial charge in [-0.25, -0.2) is 15.0 Å². The summed E-state index contributed by atoms with van der Waals surface area (Å²) in [5.41, 5.74) is 6.55. The Hall–Kier alpha value is -1.62. The minimum Gasteiger partial charge on any atom is -0.384 e. The van der Waals surface area contributed by atoms with Gasteiger partial charge in [0.25, 0.3) is 0 Å². The molecule has 2 rings (SSSR count). The Bertz CT molecular complexity index is 452. The van der Waals surface area contributed by atoms with Gasteiger partial charge in [-0.15, -0.1) is 0 Å². The van der Waals surface area contributed by atoms with Crippen molar-refractivity contribution in [1.82, 2.24) is 15.0 Å². The average molecular weight is 232 g/mol. The Morgan fingerprint density at radius 2 is 2.19 bits per heavy atom. The third kappa shape index (κ3) is 2.93. The van der Waals surface area contributed by atoms with Crippen LogP contribution in [0.25, 0.3) is 0 Å². The Labute approximate surface area is 98.3 Å². The van der Waals surface area contributed by atoms with Crippen LogP contribution in [-0.2, 0) is 5.75 Å². The molecule has 2 N–H and O–H groups in total. The minimum atomic E-state index is 0.518. The van der Waals surface area contributed by atoms with E-state index in [9.17, 15) is 0 Å². The zero-order valence-corrected chi connectivity index (χ0v) is 9.74. The summed E-state index contributed by atoms with van der Waals surface area (Å²) in [6.07, 6.45) is 1.77. The fraction of sp³-hybridized carbons (Fsp3) is 0.182. The molecule has 2 aromatic heterocycles. The van der Waals surface area contributed by atoms with Gasteiger partial charge >= 0.3 is 0 Å². The van der Waals surface area contributed by atoms with Gasteiger partial charge in [0.2, 0.25) is 0 Å². The molecule has 0 saturated carbocycles. The lowest BCUT2D eigenvalue weighted by Crippen LogP contribution is -1.99. The van der Waals surface area contributed by atoms with Crippen LogP contribution < -0.4 is 5.73 Å². The first-order valence-electron chi connectivity index (χ1n) is 4.88. The summed E-state index contributed by atoms with van der Waals surface area (Å²) in [6.45, 7) is 1.91. The summed E-state index contributed by atoms with van der Waals surface area (Å²) in [6, 6.07) is 7.57. The van der Waals surface area contributed by atoms with Crippen molar-refractivity contribution in [2.75, 3.05) is 5.73 Å². The van der Waals surface area contributed by atoms with Crippen LogP contribution in [-0.4, -0.2) is 15.0 Å². The second-order valence-electron chi connectivity index (χ2n) is 3.31. The molecule has 5 heteroatoms. The van der Waals surface area contributed by atoms with Crippen LogP contribution in [0.3, 0.4) is 0 Å². The predicted octanol–water partition coefficient (Wildman–Crippen LogP) is 2.05. The van der Waals surface area contributed by atoms with Crippen molar-refractivity contribution in [2.45, 2.75) is 17.7 Å². The monoisotopic (exact) mass is 232 g/mol. The van der Waals surface area contributed by atoms with E-state index in [2.05, 4.69) is 15.0 Å². The van der Waals surface area contributed by atoms with E-state index in [4.69, 9.17) is 5.73 Å². The van der Waals surface area contributed by atoms with Gasteiger partial charge in [-0.1, -0.05) is 17.8 Å². The number of pyridine rings is 1. The highest BCUT2D eigenvalue weighted by molar-refractivity contribution is 7.98. The maximum Gasteiger partial charge on any atom is 0.141 e. The van der Waals surface area contributed by atoms with Gasteiger partial charge in [0, 0.05) is 18.0 Å². The molecule has 0 aliphatic heterocycles. The molecular weight excluding hydrogens is 220 g/mol. The summed E-state index contributed by atoms with van der Waals surface area (Å²) in [4.78, 5) is 12.7. The number of nitrogens with two attached hydrogens (primary N) is 1. The van der Waals surface area contributed by atoms with Crippen molar-refractivity contribution >= 4 is 17.6 Å². The zero-order valence-electron chi connectivity index (χ0n) is 8.92. The molecule has 0 saturated heterocycles. The molecule has 0 spiro atoms. The molecule has 0 aliphatic carbocycles. The standard InChI is InChI=1S/C11H12N4S/c1-8-6-9(12)15-10(14-8)7-16-11-4-2-3-5-13-11/h2-6H,7H2,1H3,(H2,12,14,15). The lowest BCUT2D eigenvalue weighted by atomic mass is 10.4. The van der Waals surface area contributed by atoms with E-state index in [-0.39, 0.29) is 0 Å². The van der Waals surface area contributed by atoms with E-state index < -0.39 is 0 Å². The highest BCUT2D eigenvalue weighted by atomic mass is 32.2. The molecular formula is C11H12N4S. The van der Waals surface area contributed by atoms with Crippen molar-refractivity contribution in [3.8, 4) is 0 Å². The number of aryl methyl sites for hydroxylation is 1.